The molecule has 1 heterocycles. The SMILES string of the molecule is N#CCc1ccc(S(=O)(=O)Nc2cc(Cl)ccn2)cc1. The van der Waals surface area contributed by atoms with Gasteiger partial charge in [0.1, 0.15) is 5.82 Å². The van der Waals surface area contributed by atoms with E-state index in [0.29, 0.717) is 5.02 Å². The summed E-state index contributed by atoms with van der Waals surface area (Å²) in [6, 6.07) is 11.1. The summed E-state index contributed by atoms with van der Waals surface area (Å²) in [7, 11) is -3.72. The molecule has 0 spiro atoms. The van der Waals surface area contributed by atoms with E-state index in [1.54, 1.807) is 18.2 Å². The molecule has 7 heteroatoms. The maximum absolute atomic E-state index is 12.1. The van der Waals surface area contributed by atoms with Gasteiger partial charge in [-0.25, -0.2) is 13.4 Å². The normalized spacial score (nSPS) is 10.8. The van der Waals surface area contributed by atoms with E-state index in [1.807, 2.05) is 6.07 Å². The van der Waals surface area contributed by atoms with Crippen molar-refractivity contribution in [3.63, 3.8) is 0 Å². The second-order valence-corrected chi connectivity index (χ2v) is 6.06. The number of anilines is 1. The highest BCUT2D eigenvalue weighted by Crippen LogP contribution is 2.17. The molecular formula is C13H10ClN3O2S. The molecule has 0 unspecified atom stereocenters. The number of sulfonamides is 1. The molecule has 1 aromatic carbocycles. The van der Waals surface area contributed by atoms with E-state index in [2.05, 4.69) is 9.71 Å². The van der Waals surface area contributed by atoms with Gasteiger partial charge < -0.3 is 0 Å². The van der Waals surface area contributed by atoms with E-state index >= 15 is 0 Å². The van der Waals surface area contributed by atoms with Crippen molar-refractivity contribution in [3.8, 4) is 6.07 Å². The van der Waals surface area contributed by atoms with E-state index in [4.69, 9.17) is 16.9 Å². The molecule has 0 aliphatic carbocycles. The smallest absolute Gasteiger partial charge is 0.263 e. The third-order valence-electron chi connectivity index (χ3n) is 2.48. The summed E-state index contributed by atoms with van der Waals surface area (Å²) in [4.78, 5) is 3.98. The van der Waals surface area contributed by atoms with E-state index < -0.39 is 10.0 Å². The number of nitrogens with one attached hydrogen (secondary N) is 1. The second kappa shape index (κ2) is 5.90. The number of hydrogen-bond acceptors (Lipinski definition) is 4. The molecule has 20 heavy (non-hydrogen) atoms. The predicted octanol–water partition coefficient (Wildman–Crippen LogP) is 2.60. The fourth-order valence-electron chi connectivity index (χ4n) is 1.53. The van der Waals surface area contributed by atoms with Gasteiger partial charge in [-0.2, -0.15) is 5.26 Å². The molecule has 0 radical (unpaired) electrons. The third-order valence-corrected chi connectivity index (χ3v) is 4.08. The average Bonchev–Trinajstić information content (AvgIpc) is 2.39. The summed E-state index contributed by atoms with van der Waals surface area (Å²) in [5, 5.41) is 8.96. The van der Waals surface area contributed by atoms with Gasteiger partial charge in [0, 0.05) is 17.3 Å². The second-order valence-electron chi connectivity index (χ2n) is 3.94. The van der Waals surface area contributed by atoms with Gasteiger partial charge in [0.25, 0.3) is 10.0 Å². The Hall–Kier alpha value is -2.10. The number of nitriles is 1. The number of nitrogens with zero attached hydrogens (tertiary/aromatic N) is 2. The lowest BCUT2D eigenvalue weighted by Gasteiger charge is -2.07. The Bertz CT molecular complexity index is 752. The molecule has 0 aliphatic heterocycles. The minimum Gasteiger partial charge on any atom is -0.263 e. The van der Waals surface area contributed by atoms with Crippen LogP contribution < -0.4 is 4.72 Å². The molecule has 1 N–H and O–H groups in total. The summed E-state index contributed by atoms with van der Waals surface area (Å²) < 4.78 is 26.6. The molecule has 2 aromatic rings. The number of rotatable bonds is 4. The minimum absolute atomic E-state index is 0.0981. The maximum Gasteiger partial charge on any atom is 0.263 e. The molecule has 0 atom stereocenters. The number of benzene rings is 1. The first kappa shape index (κ1) is 14.3. The molecule has 0 amide bonds. The van der Waals surface area contributed by atoms with Gasteiger partial charge in [-0.3, -0.25) is 4.72 Å². The Balaban J connectivity index is 2.24. The largest absolute Gasteiger partial charge is 0.263 e. The van der Waals surface area contributed by atoms with Gasteiger partial charge in [0.05, 0.1) is 17.4 Å². The van der Waals surface area contributed by atoms with Crippen molar-refractivity contribution in [3.05, 3.63) is 53.2 Å². The van der Waals surface area contributed by atoms with Crippen LogP contribution in [-0.2, 0) is 16.4 Å². The Morgan fingerprint density at radius 2 is 1.95 bits per heavy atom. The Labute approximate surface area is 121 Å². The van der Waals surface area contributed by atoms with Crippen molar-refractivity contribution in [2.24, 2.45) is 0 Å². The number of aromatic nitrogens is 1. The lowest BCUT2D eigenvalue weighted by molar-refractivity contribution is 0.601. The van der Waals surface area contributed by atoms with Crippen molar-refractivity contribution in [1.82, 2.24) is 4.98 Å². The monoisotopic (exact) mass is 307 g/mol. The predicted molar refractivity (Wildman–Crippen MR) is 75.8 cm³/mol. The van der Waals surface area contributed by atoms with Crippen LogP contribution in [0.15, 0.2) is 47.5 Å². The fraction of sp³-hybridized carbons (Fsp3) is 0.0769. The van der Waals surface area contributed by atoms with Crippen LogP contribution in [0.2, 0.25) is 5.02 Å². The summed E-state index contributed by atoms with van der Waals surface area (Å²) in [5.41, 5.74) is 0.757. The average molecular weight is 308 g/mol. The minimum atomic E-state index is -3.72. The number of halogens is 1. The van der Waals surface area contributed by atoms with Crippen molar-refractivity contribution < 1.29 is 8.42 Å². The van der Waals surface area contributed by atoms with Gasteiger partial charge in [-0.15, -0.1) is 0 Å². The molecule has 102 valence electrons. The van der Waals surface area contributed by atoms with Crippen molar-refractivity contribution in [2.45, 2.75) is 11.3 Å². The summed E-state index contributed by atoms with van der Waals surface area (Å²) in [6.45, 7) is 0. The molecular weight excluding hydrogens is 298 g/mol. The zero-order chi connectivity index (χ0) is 14.6. The highest BCUT2D eigenvalue weighted by Gasteiger charge is 2.14. The van der Waals surface area contributed by atoms with Crippen LogP contribution in [-0.4, -0.2) is 13.4 Å². The molecule has 0 aliphatic rings. The third kappa shape index (κ3) is 3.47. The van der Waals surface area contributed by atoms with Gasteiger partial charge in [-0.1, -0.05) is 23.7 Å². The Morgan fingerprint density at radius 1 is 1.25 bits per heavy atom. The van der Waals surface area contributed by atoms with Crippen LogP contribution >= 0.6 is 11.6 Å². The molecule has 0 fully saturated rings. The van der Waals surface area contributed by atoms with E-state index in [-0.39, 0.29) is 17.1 Å². The van der Waals surface area contributed by atoms with Gasteiger partial charge in [0.2, 0.25) is 0 Å². The molecule has 0 bridgehead atoms. The summed E-state index contributed by atoms with van der Waals surface area (Å²) in [5.74, 6) is 0.151. The lowest BCUT2D eigenvalue weighted by Crippen LogP contribution is -2.13. The van der Waals surface area contributed by atoms with E-state index in [0.717, 1.165) is 5.56 Å². The van der Waals surface area contributed by atoms with Crippen LogP contribution in [0.4, 0.5) is 5.82 Å². The maximum atomic E-state index is 12.1. The van der Waals surface area contributed by atoms with Gasteiger partial charge >= 0.3 is 0 Å². The van der Waals surface area contributed by atoms with Gasteiger partial charge in [-0.05, 0) is 23.8 Å². The lowest BCUT2D eigenvalue weighted by atomic mass is 10.2. The zero-order valence-corrected chi connectivity index (χ0v) is 11.8. The molecule has 0 saturated carbocycles. The Morgan fingerprint density at radius 3 is 2.55 bits per heavy atom. The number of pyridine rings is 1. The van der Waals surface area contributed by atoms with E-state index in [9.17, 15) is 8.42 Å². The molecule has 5 nitrogen and oxygen atoms in total. The highest BCUT2D eigenvalue weighted by molar-refractivity contribution is 7.92. The topological polar surface area (TPSA) is 82.8 Å². The standard InChI is InChI=1S/C13H10ClN3O2S/c14-11-6-8-16-13(9-11)17-20(18,19)12-3-1-10(2-4-12)5-7-15/h1-4,6,8-9H,5H2,(H,16,17). The van der Waals surface area contributed by atoms with Crippen LogP contribution in [0.5, 0.6) is 0 Å². The zero-order valence-electron chi connectivity index (χ0n) is 10.2. The van der Waals surface area contributed by atoms with Crippen molar-refractivity contribution in [1.29, 1.82) is 5.26 Å². The van der Waals surface area contributed by atoms with Crippen LogP contribution in [0.3, 0.4) is 0 Å². The molecule has 1 aromatic heterocycles. The summed E-state index contributed by atoms with van der Waals surface area (Å²) in [6.07, 6.45) is 1.65. The van der Waals surface area contributed by atoms with E-state index in [1.165, 1.54) is 24.4 Å². The van der Waals surface area contributed by atoms with Gasteiger partial charge in [0.15, 0.2) is 0 Å². The quantitative estimate of drug-likeness (QED) is 0.941. The first-order chi connectivity index (χ1) is 9.51. The van der Waals surface area contributed by atoms with Crippen LogP contribution in [0.25, 0.3) is 0 Å². The Kier molecular flexibility index (Phi) is 4.23. The fourth-order valence-corrected chi connectivity index (χ4v) is 2.69. The first-order valence-corrected chi connectivity index (χ1v) is 7.47. The molecule has 2 rings (SSSR count). The number of hydrogen-bond donors (Lipinski definition) is 1. The molecule has 0 saturated heterocycles. The van der Waals surface area contributed by atoms with Crippen molar-refractivity contribution in [2.75, 3.05) is 4.72 Å². The highest BCUT2D eigenvalue weighted by atomic mass is 35.5. The van der Waals surface area contributed by atoms with Crippen LogP contribution in [0.1, 0.15) is 5.56 Å². The first-order valence-electron chi connectivity index (χ1n) is 5.61. The van der Waals surface area contributed by atoms with Crippen molar-refractivity contribution >= 4 is 27.4 Å². The summed E-state index contributed by atoms with van der Waals surface area (Å²) >= 11 is 5.77. The van der Waals surface area contributed by atoms with Crippen LogP contribution in [0, 0.1) is 11.3 Å².